The highest BCUT2D eigenvalue weighted by Crippen LogP contribution is 2.15. The van der Waals surface area contributed by atoms with E-state index in [4.69, 9.17) is 9.47 Å². The highest BCUT2D eigenvalue weighted by molar-refractivity contribution is 5.76. The molecule has 0 bridgehead atoms. The largest absolute Gasteiger partial charge is 0.497 e. The van der Waals surface area contributed by atoms with E-state index in [1.165, 1.54) is 0 Å². The fourth-order valence-corrected chi connectivity index (χ4v) is 2.17. The third-order valence-electron chi connectivity index (χ3n) is 3.50. The zero-order valence-corrected chi connectivity index (χ0v) is 14.0. The minimum absolute atomic E-state index is 0.0138. The molecule has 0 aliphatic carbocycles. The first-order chi connectivity index (χ1) is 11.7. The number of rotatable bonds is 6. The van der Waals surface area contributed by atoms with Gasteiger partial charge in [-0.15, -0.1) is 0 Å². The van der Waals surface area contributed by atoms with Gasteiger partial charge in [-0.05, 0) is 36.2 Å². The molecular formula is C20H21NO3. The highest BCUT2D eigenvalue weighted by atomic mass is 16.5. The Morgan fingerprint density at radius 1 is 1.04 bits per heavy atom. The lowest BCUT2D eigenvalue weighted by Crippen LogP contribution is -2.23. The molecule has 4 heteroatoms. The van der Waals surface area contributed by atoms with E-state index in [2.05, 4.69) is 17.2 Å². The SMILES string of the molecule is COc1ccc(CCC(=O)NCC#Cc2ccccc2OC)cc1. The van der Waals surface area contributed by atoms with Gasteiger partial charge in [-0.2, -0.15) is 0 Å². The number of hydrogen-bond donors (Lipinski definition) is 1. The Labute approximate surface area is 142 Å². The number of para-hydroxylation sites is 1. The van der Waals surface area contributed by atoms with Crippen LogP contribution in [0.5, 0.6) is 11.5 Å². The molecule has 1 amide bonds. The standard InChI is InChI=1S/C20H21NO3/c1-23-18-12-9-16(10-13-18)11-14-20(22)21-15-5-7-17-6-3-4-8-19(17)24-2/h3-4,6,8-10,12-13H,11,14-15H2,1-2H3,(H,21,22). The average molecular weight is 323 g/mol. The number of hydrogen-bond acceptors (Lipinski definition) is 3. The molecule has 4 nitrogen and oxygen atoms in total. The number of methoxy groups -OCH3 is 2. The van der Waals surface area contributed by atoms with Crippen molar-refractivity contribution in [2.24, 2.45) is 0 Å². The Morgan fingerprint density at radius 3 is 2.50 bits per heavy atom. The Morgan fingerprint density at radius 2 is 1.79 bits per heavy atom. The molecule has 0 aliphatic heterocycles. The third-order valence-corrected chi connectivity index (χ3v) is 3.50. The highest BCUT2D eigenvalue weighted by Gasteiger charge is 2.01. The van der Waals surface area contributed by atoms with E-state index < -0.39 is 0 Å². The zero-order chi connectivity index (χ0) is 17.2. The summed E-state index contributed by atoms with van der Waals surface area (Å²) in [5.74, 6) is 7.48. The van der Waals surface area contributed by atoms with E-state index in [0.29, 0.717) is 19.4 Å². The zero-order valence-electron chi connectivity index (χ0n) is 14.0. The van der Waals surface area contributed by atoms with Crippen LogP contribution in [-0.4, -0.2) is 26.7 Å². The van der Waals surface area contributed by atoms with Crippen LogP contribution in [0.3, 0.4) is 0 Å². The molecule has 0 saturated heterocycles. The molecule has 2 rings (SSSR count). The van der Waals surface area contributed by atoms with Crippen LogP contribution in [-0.2, 0) is 11.2 Å². The van der Waals surface area contributed by atoms with Gasteiger partial charge in [-0.1, -0.05) is 36.1 Å². The summed E-state index contributed by atoms with van der Waals surface area (Å²) in [4.78, 5) is 11.8. The maximum Gasteiger partial charge on any atom is 0.221 e. The second-order valence-corrected chi connectivity index (χ2v) is 5.13. The second kappa shape index (κ2) is 9.26. The van der Waals surface area contributed by atoms with Crippen LogP contribution in [0.4, 0.5) is 0 Å². The number of aryl methyl sites for hydroxylation is 1. The quantitative estimate of drug-likeness (QED) is 0.832. The molecule has 2 aromatic carbocycles. The van der Waals surface area contributed by atoms with Gasteiger partial charge in [0, 0.05) is 6.42 Å². The van der Waals surface area contributed by atoms with Crippen molar-refractivity contribution < 1.29 is 14.3 Å². The molecule has 0 atom stereocenters. The Balaban J connectivity index is 1.76. The summed E-state index contributed by atoms with van der Waals surface area (Å²) in [7, 11) is 3.25. The summed E-state index contributed by atoms with van der Waals surface area (Å²) in [6.07, 6.45) is 1.12. The normalized spacial score (nSPS) is 9.58. The van der Waals surface area contributed by atoms with E-state index in [-0.39, 0.29) is 5.91 Å². The van der Waals surface area contributed by atoms with Gasteiger partial charge in [0.05, 0.1) is 26.3 Å². The Hall–Kier alpha value is -2.93. The Kier molecular flexibility index (Phi) is 6.73. The lowest BCUT2D eigenvalue weighted by atomic mass is 10.1. The van der Waals surface area contributed by atoms with Crippen LogP contribution in [0.15, 0.2) is 48.5 Å². The summed E-state index contributed by atoms with van der Waals surface area (Å²) < 4.78 is 10.3. The lowest BCUT2D eigenvalue weighted by Gasteiger charge is -2.04. The van der Waals surface area contributed by atoms with Gasteiger partial charge in [0.1, 0.15) is 11.5 Å². The van der Waals surface area contributed by atoms with Crippen molar-refractivity contribution in [2.75, 3.05) is 20.8 Å². The fraction of sp³-hybridized carbons (Fsp3) is 0.250. The molecule has 124 valence electrons. The smallest absolute Gasteiger partial charge is 0.221 e. The van der Waals surface area contributed by atoms with Crippen LogP contribution in [0.1, 0.15) is 17.5 Å². The van der Waals surface area contributed by atoms with Crippen molar-refractivity contribution in [2.45, 2.75) is 12.8 Å². The number of ether oxygens (including phenoxy) is 2. The van der Waals surface area contributed by atoms with Crippen molar-refractivity contribution in [3.8, 4) is 23.3 Å². The predicted molar refractivity (Wildman–Crippen MR) is 94.2 cm³/mol. The second-order valence-electron chi connectivity index (χ2n) is 5.13. The number of carbonyl (C=O) groups is 1. The molecule has 0 unspecified atom stereocenters. The van der Waals surface area contributed by atoms with E-state index in [1.54, 1.807) is 14.2 Å². The van der Waals surface area contributed by atoms with Gasteiger partial charge in [-0.3, -0.25) is 4.79 Å². The fourth-order valence-electron chi connectivity index (χ4n) is 2.17. The molecule has 0 aliphatic rings. The number of nitrogens with one attached hydrogen (secondary N) is 1. The van der Waals surface area contributed by atoms with Crippen molar-refractivity contribution in [3.63, 3.8) is 0 Å². The topological polar surface area (TPSA) is 47.6 Å². The Bertz CT molecular complexity index is 727. The first-order valence-electron chi connectivity index (χ1n) is 7.74. The van der Waals surface area contributed by atoms with Crippen LogP contribution in [0, 0.1) is 11.8 Å². The molecule has 24 heavy (non-hydrogen) atoms. The summed E-state index contributed by atoms with van der Waals surface area (Å²) in [6.45, 7) is 0.319. The van der Waals surface area contributed by atoms with Crippen LogP contribution in [0.2, 0.25) is 0 Å². The van der Waals surface area contributed by atoms with E-state index >= 15 is 0 Å². The molecule has 0 saturated carbocycles. The van der Waals surface area contributed by atoms with E-state index in [0.717, 1.165) is 22.6 Å². The van der Waals surface area contributed by atoms with Gasteiger partial charge in [0.15, 0.2) is 0 Å². The molecular weight excluding hydrogens is 302 g/mol. The van der Waals surface area contributed by atoms with Crippen molar-refractivity contribution >= 4 is 5.91 Å². The monoisotopic (exact) mass is 323 g/mol. The molecule has 0 heterocycles. The summed E-state index contributed by atoms with van der Waals surface area (Å²) >= 11 is 0. The molecule has 0 aromatic heterocycles. The lowest BCUT2D eigenvalue weighted by molar-refractivity contribution is -0.120. The maximum absolute atomic E-state index is 11.8. The summed E-state index contributed by atoms with van der Waals surface area (Å²) in [5.41, 5.74) is 1.92. The van der Waals surface area contributed by atoms with Crippen LogP contribution in [0.25, 0.3) is 0 Å². The minimum atomic E-state index is -0.0138. The van der Waals surface area contributed by atoms with Crippen LogP contribution >= 0.6 is 0 Å². The van der Waals surface area contributed by atoms with Gasteiger partial charge in [0.2, 0.25) is 5.91 Å². The molecule has 1 N–H and O–H groups in total. The van der Waals surface area contributed by atoms with Crippen molar-refractivity contribution in [1.82, 2.24) is 5.32 Å². The van der Waals surface area contributed by atoms with Crippen LogP contribution < -0.4 is 14.8 Å². The third kappa shape index (κ3) is 5.36. The molecule has 0 spiro atoms. The average Bonchev–Trinajstić information content (AvgIpc) is 2.64. The number of amides is 1. The van der Waals surface area contributed by atoms with E-state index in [9.17, 15) is 4.79 Å². The summed E-state index contributed by atoms with van der Waals surface area (Å²) in [5, 5.41) is 2.81. The first kappa shape index (κ1) is 17.4. The number of benzene rings is 2. The minimum Gasteiger partial charge on any atom is -0.497 e. The van der Waals surface area contributed by atoms with Gasteiger partial charge in [-0.25, -0.2) is 0 Å². The van der Waals surface area contributed by atoms with Gasteiger partial charge < -0.3 is 14.8 Å². The van der Waals surface area contributed by atoms with Crippen molar-refractivity contribution in [3.05, 3.63) is 59.7 Å². The molecule has 2 aromatic rings. The first-order valence-corrected chi connectivity index (χ1v) is 7.74. The van der Waals surface area contributed by atoms with Crippen molar-refractivity contribution in [1.29, 1.82) is 0 Å². The number of carbonyl (C=O) groups excluding carboxylic acids is 1. The maximum atomic E-state index is 11.8. The van der Waals surface area contributed by atoms with Gasteiger partial charge >= 0.3 is 0 Å². The molecule has 0 radical (unpaired) electrons. The predicted octanol–water partition coefficient (Wildman–Crippen LogP) is 2.80. The molecule has 0 fully saturated rings. The van der Waals surface area contributed by atoms with Gasteiger partial charge in [0.25, 0.3) is 0 Å². The van der Waals surface area contributed by atoms with E-state index in [1.807, 2.05) is 48.5 Å². The summed E-state index contributed by atoms with van der Waals surface area (Å²) in [6, 6.07) is 15.3.